The first-order chi connectivity index (χ1) is 15.6. The number of ether oxygens (including phenoxy) is 3. The van der Waals surface area contributed by atoms with Gasteiger partial charge in [0, 0.05) is 33.2 Å². The molecule has 1 unspecified atom stereocenters. The van der Waals surface area contributed by atoms with Crippen LogP contribution < -0.4 is 0 Å². The summed E-state index contributed by atoms with van der Waals surface area (Å²) in [4.78, 5) is 44.3. The van der Waals surface area contributed by atoms with Crippen LogP contribution in [0.5, 0.6) is 0 Å². The third kappa shape index (κ3) is 6.05. The van der Waals surface area contributed by atoms with Gasteiger partial charge >= 0.3 is 11.9 Å². The number of hydrogen-bond donors (Lipinski definition) is 0. The molecule has 3 fully saturated rings. The van der Waals surface area contributed by atoms with E-state index in [-0.39, 0.29) is 30.4 Å². The van der Waals surface area contributed by atoms with Crippen LogP contribution in [0.15, 0.2) is 0 Å². The van der Waals surface area contributed by atoms with Crippen molar-refractivity contribution in [3.8, 4) is 0 Å². The van der Waals surface area contributed by atoms with E-state index in [1.807, 2.05) is 32.6 Å². The van der Waals surface area contributed by atoms with Crippen molar-refractivity contribution < 1.29 is 28.6 Å². The highest BCUT2D eigenvalue weighted by atomic mass is 16.6. The van der Waals surface area contributed by atoms with Crippen LogP contribution in [0.3, 0.4) is 0 Å². The average molecular weight is 468 g/mol. The quantitative estimate of drug-likeness (QED) is 0.526. The molecule has 1 aliphatic carbocycles. The molecule has 0 spiro atoms. The Balaban J connectivity index is 1.87. The molecule has 33 heavy (non-hydrogen) atoms. The third-order valence-electron chi connectivity index (χ3n) is 6.71. The van der Waals surface area contributed by atoms with Crippen LogP contribution in [0.2, 0.25) is 0 Å². The molecule has 3 aliphatic rings. The first-order valence-electron chi connectivity index (χ1n) is 12.4. The van der Waals surface area contributed by atoms with E-state index >= 15 is 0 Å². The molecule has 9 heteroatoms. The second-order valence-corrected chi connectivity index (χ2v) is 10.4. The molecule has 2 heterocycles. The molecule has 0 N–H and O–H groups in total. The predicted octanol–water partition coefficient (Wildman–Crippen LogP) is 1.99. The molecule has 0 bridgehead atoms. The van der Waals surface area contributed by atoms with Gasteiger partial charge in [-0.05, 0) is 66.2 Å². The Morgan fingerprint density at radius 2 is 1.61 bits per heavy atom. The largest absolute Gasteiger partial charge is 0.466 e. The van der Waals surface area contributed by atoms with E-state index in [1.165, 1.54) is 0 Å². The highest BCUT2D eigenvalue weighted by molar-refractivity contribution is 5.83. The van der Waals surface area contributed by atoms with E-state index in [9.17, 15) is 14.4 Å². The molecule has 1 amide bonds. The Kier molecular flexibility index (Phi) is 8.40. The summed E-state index contributed by atoms with van der Waals surface area (Å²) in [5.41, 5.74) is -0.691. The van der Waals surface area contributed by atoms with Crippen molar-refractivity contribution >= 4 is 17.8 Å². The molecular formula is C24H41N3O6. The molecule has 1 atom stereocenters. The summed E-state index contributed by atoms with van der Waals surface area (Å²) in [5.74, 6) is -2.22. The van der Waals surface area contributed by atoms with Gasteiger partial charge in [-0.15, -0.1) is 0 Å². The van der Waals surface area contributed by atoms with Crippen molar-refractivity contribution in [3.05, 3.63) is 0 Å². The molecule has 2 aliphatic heterocycles. The van der Waals surface area contributed by atoms with Gasteiger partial charge in [0.2, 0.25) is 5.91 Å². The van der Waals surface area contributed by atoms with Crippen molar-refractivity contribution in [2.24, 2.45) is 5.92 Å². The molecule has 188 valence electrons. The molecule has 0 aromatic heterocycles. The molecule has 0 aromatic rings. The maximum Gasteiger partial charge on any atom is 0.371 e. The van der Waals surface area contributed by atoms with E-state index in [2.05, 4.69) is 4.90 Å². The summed E-state index contributed by atoms with van der Waals surface area (Å²) in [6.07, 6.45) is 4.35. The van der Waals surface area contributed by atoms with Gasteiger partial charge in [-0.3, -0.25) is 14.5 Å². The average Bonchev–Trinajstić information content (AvgIpc) is 3.28. The minimum absolute atomic E-state index is 0.0389. The number of rotatable bonds is 7. The van der Waals surface area contributed by atoms with Crippen LogP contribution in [-0.4, -0.2) is 96.5 Å². The van der Waals surface area contributed by atoms with Crippen LogP contribution in [0.4, 0.5) is 0 Å². The lowest BCUT2D eigenvalue weighted by molar-refractivity contribution is -0.279. The van der Waals surface area contributed by atoms with Gasteiger partial charge < -0.3 is 19.1 Å². The topological polar surface area (TPSA) is 88.6 Å². The normalized spacial score (nSPS) is 27.3. The Bertz CT molecular complexity index is 709. The number of hydrogen-bond acceptors (Lipinski definition) is 8. The summed E-state index contributed by atoms with van der Waals surface area (Å²) in [7, 11) is 1.78. The van der Waals surface area contributed by atoms with E-state index in [1.54, 1.807) is 11.9 Å². The first-order valence-corrected chi connectivity index (χ1v) is 12.4. The summed E-state index contributed by atoms with van der Waals surface area (Å²) in [6, 6.07) is 0. The number of carbonyl (C=O) groups excluding carboxylic acids is 3. The van der Waals surface area contributed by atoms with Crippen LogP contribution in [0.1, 0.15) is 66.2 Å². The maximum atomic E-state index is 13.9. The summed E-state index contributed by atoms with van der Waals surface area (Å²) < 4.78 is 17.9. The van der Waals surface area contributed by atoms with Crippen LogP contribution in [0, 0.1) is 5.92 Å². The Hall–Kier alpha value is -1.71. The van der Waals surface area contributed by atoms with Gasteiger partial charge in [0.25, 0.3) is 5.85 Å². The van der Waals surface area contributed by atoms with E-state index in [0.717, 1.165) is 12.8 Å². The van der Waals surface area contributed by atoms with E-state index in [4.69, 9.17) is 14.2 Å². The number of likely N-dealkylation sites (N-methyl/N-ethyl adjacent to an activating group) is 1. The second kappa shape index (κ2) is 10.7. The maximum absolute atomic E-state index is 13.9. The SMILES string of the molecule is CCOC(=O)[C@H]1CC[C@H](OC(C(=O)OC(C)(C)C)(N2CCCC2)N2CCN(C)C(=O)C2)CC1. The standard InChI is InChI=1S/C24H41N3O6/c1-6-31-21(29)18-9-11-19(12-10-18)32-24(26-13-7-8-14-26,22(30)33-23(2,3)4)27-16-15-25(5)20(28)17-27/h18-19H,6-17H2,1-5H3/t18-,19-,24?. The lowest BCUT2D eigenvalue weighted by atomic mass is 9.87. The summed E-state index contributed by atoms with van der Waals surface area (Å²) in [5, 5.41) is 0. The smallest absolute Gasteiger partial charge is 0.371 e. The number of piperazine rings is 1. The number of likely N-dealkylation sites (tertiary alicyclic amines) is 1. The molecule has 2 saturated heterocycles. The monoisotopic (exact) mass is 467 g/mol. The molecule has 9 nitrogen and oxygen atoms in total. The fourth-order valence-electron chi connectivity index (χ4n) is 4.95. The third-order valence-corrected chi connectivity index (χ3v) is 6.71. The lowest BCUT2D eigenvalue weighted by Crippen LogP contribution is -2.72. The number of nitrogens with zero attached hydrogens (tertiary/aromatic N) is 3. The van der Waals surface area contributed by atoms with Gasteiger partial charge in [0.1, 0.15) is 5.60 Å². The summed E-state index contributed by atoms with van der Waals surface area (Å²) in [6.45, 7) is 10.3. The first kappa shape index (κ1) is 25.9. The van der Waals surface area contributed by atoms with Crippen LogP contribution >= 0.6 is 0 Å². The lowest BCUT2D eigenvalue weighted by Gasteiger charge is -2.50. The van der Waals surface area contributed by atoms with Crippen molar-refractivity contribution in [1.82, 2.24) is 14.7 Å². The van der Waals surface area contributed by atoms with E-state index in [0.29, 0.717) is 58.5 Å². The van der Waals surface area contributed by atoms with Crippen molar-refractivity contribution in [1.29, 1.82) is 0 Å². The number of esters is 2. The van der Waals surface area contributed by atoms with Crippen molar-refractivity contribution in [2.75, 3.05) is 46.4 Å². The highest BCUT2D eigenvalue weighted by Crippen LogP contribution is 2.36. The fraction of sp³-hybridized carbons (Fsp3) is 0.875. The second-order valence-electron chi connectivity index (χ2n) is 10.4. The van der Waals surface area contributed by atoms with Gasteiger partial charge in [0.15, 0.2) is 0 Å². The predicted molar refractivity (Wildman–Crippen MR) is 122 cm³/mol. The zero-order valence-electron chi connectivity index (χ0n) is 20.9. The minimum atomic E-state index is -1.44. The molecule has 3 rings (SSSR count). The zero-order chi connectivity index (χ0) is 24.2. The van der Waals surface area contributed by atoms with Crippen LogP contribution in [-0.2, 0) is 28.6 Å². The molecule has 0 radical (unpaired) electrons. The van der Waals surface area contributed by atoms with Gasteiger partial charge in [0.05, 0.1) is 25.2 Å². The van der Waals surface area contributed by atoms with Gasteiger partial charge in [-0.1, -0.05) is 0 Å². The Labute approximate surface area is 197 Å². The molecule has 0 aromatic carbocycles. The zero-order valence-corrected chi connectivity index (χ0v) is 20.9. The molecule has 1 saturated carbocycles. The number of amides is 1. The highest BCUT2D eigenvalue weighted by Gasteiger charge is 2.56. The fourth-order valence-corrected chi connectivity index (χ4v) is 4.95. The van der Waals surface area contributed by atoms with Gasteiger partial charge in [-0.2, -0.15) is 0 Å². The Morgan fingerprint density at radius 3 is 2.15 bits per heavy atom. The van der Waals surface area contributed by atoms with E-state index < -0.39 is 17.4 Å². The molecular weight excluding hydrogens is 426 g/mol. The van der Waals surface area contributed by atoms with Crippen LogP contribution in [0.25, 0.3) is 0 Å². The van der Waals surface area contributed by atoms with Crippen molar-refractivity contribution in [3.63, 3.8) is 0 Å². The summed E-state index contributed by atoms with van der Waals surface area (Å²) >= 11 is 0. The number of carbonyl (C=O) groups is 3. The van der Waals surface area contributed by atoms with Crippen molar-refractivity contribution in [2.45, 2.75) is 83.8 Å². The Morgan fingerprint density at radius 1 is 0.970 bits per heavy atom. The van der Waals surface area contributed by atoms with Gasteiger partial charge in [-0.25, -0.2) is 9.69 Å². The minimum Gasteiger partial charge on any atom is -0.466 e.